The van der Waals surface area contributed by atoms with Gasteiger partial charge in [-0.3, -0.25) is 4.90 Å². The van der Waals surface area contributed by atoms with E-state index in [2.05, 4.69) is 36.3 Å². The minimum absolute atomic E-state index is 0.385. The van der Waals surface area contributed by atoms with E-state index in [0.717, 1.165) is 24.8 Å². The monoisotopic (exact) mass is 282 g/mol. The van der Waals surface area contributed by atoms with Crippen LogP contribution in [0.25, 0.3) is 0 Å². The summed E-state index contributed by atoms with van der Waals surface area (Å²) in [5.41, 5.74) is 1.30. The molecule has 1 fully saturated rings. The maximum atomic E-state index is 5.93. The van der Waals surface area contributed by atoms with Crippen LogP contribution >= 0.6 is 11.6 Å². The lowest BCUT2D eigenvalue weighted by Crippen LogP contribution is -2.39. The first-order valence-electron chi connectivity index (χ1n) is 6.82. The van der Waals surface area contributed by atoms with Crippen LogP contribution in [0.1, 0.15) is 18.5 Å². The molecule has 19 heavy (non-hydrogen) atoms. The van der Waals surface area contributed by atoms with E-state index in [1.807, 2.05) is 19.2 Å². The van der Waals surface area contributed by atoms with E-state index >= 15 is 0 Å². The van der Waals surface area contributed by atoms with Gasteiger partial charge >= 0.3 is 0 Å². The topological polar surface area (TPSA) is 24.5 Å². The molecule has 1 aromatic carbocycles. The lowest BCUT2D eigenvalue weighted by atomic mass is 10.0. The standard InChI is InChI=1S/C15H23ClN2O/c1-11(12-4-6-14(16)7-5-12)18(3)8-13-9-19-10-15(13)17-2/h4-7,11,13,15,17H,8-10H2,1-3H3. The Morgan fingerprint density at radius 1 is 1.37 bits per heavy atom. The van der Waals surface area contributed by atoms with Gasteiger partial charge in [0.25, 0.3) is 0 Å². The lowest BCUT2D eigenvalue weighted by molar-refractivity contribution is 0.164. The zero-order valence-corrected chi connectivity index (χ0v) is 12.7. The van der Waals surface area contributed by atoms with E-state index in [1.54, 1.807) is 0 Å². The van der Waals surface area contributed by atoms with Gasteiger partial charge in [0.15, 0.2) is 0 Å². The fourth-order valence-corrected chi connectivity index (χ4v) is 2.75. The second kappa shape index (κ2) is 6.71. The van der Waals surface area contributed by atoms with Gasteiger partial charge in [-0.25, -0.2) is 0 Å². The molecule has 1 aliphatic heterocycles. The molecular weight excluding hydrogens is 260 g/mol. The smallest absolute Gasteiger partial charge is 0.0623 e. The van der Waals surface area contributed by atoms with E-state index in [0.29, 0.717) is 18.0 Å². The third-order valence-corrected chi connectivity index (χ3v) is 4.36. The largest absolute Gasteiger partial charge is 0.379 e. The van der Waals surface area contributed by atoms with Crippen molar-refractivity contribution < 1.29 is 4.74 Å². The molecule has 0 spiro atoms. The van der Waals surface area contributed by atoms with Gasteiger partial charge in [-0.05, 0) is 38.7 Å². The molecule has 4 heteroatoms. The third kappa shape index (κ3) is 3.69. The molecule has 0 amide bonds. The number of hydrogen-bond acceptors (Lipinski definition) is 3. The van der Waals surface area contributed by atoms with Crippen molar-refractivity contribution in [2.24, 2.45) is 5.92 Å². The molecule has 3 atom stereocenters. The molecule has 2 rings (SSSR count). The number of nitrogens with one attached hydrogen (secondary N) is 1. The van der Waals surface area contributed by atoms with Crippen LogP contribution in [0.4, 0.5) is 0 Å². The Bertz CT molecular complexity index is 396. The summed E-state index contributed by atoms with van der Waals surface area (Å²) in [6.07, 6.45) is 0. The summed E-state index contributed by atoms with van der Waals surface area (Å²) in [5, 5.41) is 4.13. The molecule has 1 aromatic rings. The number of likely N-dealkylation sites (N-methyl/N-ethyl adjacent to an activating group) is 1. The lowest BCUT2D eigenvalue weighted by Gasteiger charge is -2.29. The predicted octanol–water partition coefficient (Wildman–Crippen LogP) is 2.57. The summed E-state index contributed by atoms with van der Waals surface area (Å²) in [5.74, 6) is 0.560. The van der Waals surface area contributed by atoms with Crippen molar-refractivity contribution in [1.29, 1.82) is 0 Å². The van der Waals surface area contributed by atoms with Crippen molar-refractivity contribution in [2.45, 2.75) is 19.0 Å². The first-order valence-corrected chi connectivity index (χ1v) is 7.20. The molecule has 3 unspecified atom stereocenters. The van der Waals surface area contributed by atoms with Crippen molar-refractivity contribution in [3.63, 3.8) is 0 Å². The number of halogens is 1. The zero-order chi connectivity index (χ0) is 13.8. The molecule has 1 N–H and O–H groups in total. The number of nitrogens with zero attached hydrogens (tertiary/aromatic N) is 1. The van der Waals surface area contributed by atoms with Crippen molar-refractivity contribution in [3.05, 3.63) is 34.9 Å². The third-order valence-electron chi connectivity index (χ3n) is 4.11. The van der Waals surface area contributed by atoms with Crippen LogP contribution in [-0.4, -0.2) is 44.8 Å². The molecule has 3 nitrogen and oxygen atoms in total. The maximum absolute atomic E-state index is 5.93. The van der Waals surface area contributed by atoms with Gasteiger partial charge in [0.2, 0.25) is 0 Å². The highest BCUT2D eigenvalue weighted by atomic mass is 35.5. The molecule has 1 heterocycles. The molecular formula is C15H23ClN2O. The summed E-state index contributed by atoms with van der Waals surface area (Å²) in [6, 6.07) is 8.97. The summed E-state index contributed by atoms with van der Waals surface area (Å²) < 4.78 is 5.56. The highest BCUT2D eigenvalue weighted by molar-refractivity contribution is 6.30. The molecule has 1 aliphatic rings. The van der Waals surface area contributed by atoms with Crippen LogP contribution < -0.4 is 5.32 Å². The molecule has 0 radical (unpaired) electrons. The van der Waals surface area contributed by atoms with Crippen molar-refractivity contribution in [3.8, 4) is 0 Å². The van der Waals surface area contributed by atoms with Gasteiger partial charge in [-0.2, -0.15) is 0 Å². The first kappa shape index (κ1) is 14.8. The van der Waals surface area contributed by atoms with Crippen molar-refractivity contribution >= 4 is 11.6 Å². The quantitative estimate of drug-likeness (QED) is 0.898. The van der Waals surface area contributed by atoms with Crippen LogP contribution in [0, 0.1) is 5.92 Å². The highest BCUT2D eigenvalue weighted by Crippen LogP contribution is 2.23. The summed E-state index contributed by atoms with van der Waals surface area (Å²) in [6.45, 7) is 4.94. The Balaban J connectivity index is 1.95. The van der Waals surface area contributed by atoms with Gasteiger partial charge in [0.05, 0.1) is 13.2 Å². The predicted molar refractivity (Wildman–Crippen MR) is 79.7 cm³/mol. The zero-order valence-electron chi connectivity index (χ0n) is 11.9. The van der Waals surface area contributed by atoms with E-state index in [9.17, 15) is 0 Å². The number of rotatable bonds is 5. The van der Waals surface area contributed by atoms with Gasteiger partial charge < -0.3 is 10.1 Å². The molecule has 0 bridgehead atoms. The van der Waals surface area contributed by atoms with Gasteiger partial charge in [-0.1, -0.05) is 23.7 Å². The van der Waals surface area contributed by atoms with Gasteiger partial charge in [-0.15, -0.1) is 0 Å². The van der Waals surface area contributed by atoms with Crippen LogP contribution in [0.3, 0.4) is 0 Å². The van der Waals surface area contributed by atoms with E-state index in [-0.39, 0.29) is 0 Å². The normalized spacial score (nSPS) is 24.9. The average Bonchev–Trinajstić information content (AvgIpc) is 2.86. The van der Waals surface area contributed by atoms with Crippen molar-refractivity contribution in [1.82, 2.24) is 10.2 Å². The Kier molecular flexibility index (Phi) is 5.22. The van der Waals surface area contributed by atoms with Gasteiger partial charge in [0, 0.05) is 29.6 Å². The van der Waals surface area contributed by atoms with E-state index in [4.69, 9.17) is 16.3 Å². The summed E-state index contributed by atoms with van der Waals surface area (Å²) in [4.78, 5) is 2.38. The Morgan fingerprint density at radius 2 is 2.05 bits per heavy atom. The van der Waals surface area contributed by atoms with Crippen LogP contribution in [0.5, 0.6) is 0 Å². The maximum Gasteiger partial charge on any atom is 0.0623 e. The Morgan fingerprint density at radius 3 is 2.68 bits per heavy atom. The number of benzene rings is 1. The fourth-order valence-electron chi connectivity index (χ4n) is 2.62. The van der Waals surface area contributed by atoms with Crippen LogP contribution in [-0.2, 0) is 4.74 Å². The average molecular weight is 283 g/mol. The van der Waals surface area contributed by atoms with Crippen LogP contribution in [0.15, 0.2) is 24.3 Å². The summed E-state index contributed by atoms with van der Waals surface area (Å²) >= 11 is 5.93. The van der Waals surface area contributed by atoms with E-state index in [1.165, 1.54) is 5.56 Å². The van der Waals surface area contributed by atoms with E-state index < -0.39 is 0 Å². The molecule has 1 saturated heterocycles. The van der Waals surface area contributed by atoms with Crippen LogP contribution in [0.2, 0.25) is 5.02 Å². The SMILES string of the molecule is CNC1COCC1CN(C)C(C)c1ccc(Cl)cc1. The summed E-state index contributed by atoms with van der Waals surface area (Å²) in [7, 11) is 4.18. The number of hydrogen-bond donors (Lipinski definition) is 1. The fraction of sp³-hybridized carbons (Fsp3) is 0.600. The van der Waals surface area contributed by atoms with Gasteiger partial charge in [0.1, 0.15) is 0 Å². The molecule has 106 valence electrons. The number of ether oxygens (including phenoxy) is 1. The minimum atomic E-state index is 0.385. The Hall–Kier alpha value is -0.610. The first-order chi connectivity index (χ1) is 9.11. The highest BCUT2D eigenvalue weighted by Gasteiger charge is 2.28. The molecule has 0 aliphatic carbocycles. The second-order valence-electron chi connectivity index (χ2n) is 5.36. The molecule has 0 saturated carbocycles. The second-order valence-corrected chi connectivity index (χ2v) is 5.80. The minimum Gasteiger partial charge on any atom is -0.379 e. The Labute approximate surface area is 120 Å². The molecule has 0 aromatic heterocycles. The van der Waals surface area contributed by atoms with Crippen molar-refractivity contribution in [2.75, 3.05) is 33.9 Å².